The molecule has 0 fully saturated rings. The molecule has 0 unspecified atom stereocenters. The molecule has 0 atom stereocenters. The van der Waals surface area contributed by atoms with E-state index in [0.29, 0.717) is 24.7 Å². The Morgan fingerprint density at radius 3 is 2.57 bits per heavy atom. The van der Waals surface area contributed by atoms with Gasteiger partial charge in [-0.1, -0.05) is 0 Å². The Labute approximate surface area is 124 Å². The fourth-order valence-electron chi connectivity index (χ4n) is 1.80. The molecule has 1 heterocycles. The lowest BCUT2D eigenvalue weighted by molar-refractivity contribution is 0.340. The summed E-state index contributed by atoms with van der Waals surface area (Å²) in [5.41, 5.74) is 0. The molecule has 0 saturated heterocycles. The van der Waals surface area contributed by atoms with Crippen LogP contribution in [0.15, 0.2) is 35.5 Å². The highest BCUT2D eigenvalue weighted by molar-refractivity contribution is 7.89. The molecule has 2 rings (SSSR count). The third kappa shape index (κ3) is 3.79. The lowest BCUT2D eigenvalue weighted by Crippen LogP contribution is -2.25. The quantitative estimate of drug-likeness (QED) is 0.830. The first-order valence-electron chi connectivity index (χ1n) is 6.66. The standard InChI is InChI=1S/C13H18N4O3S/c1-3-17-10-14-16-13(17)9-15-21(18,19)12-7-5-11(6-8-12)20-4-2/h5-8,10,15H,3-4,9H2,1-2H3. The average Bonchev–Trinajstić information content (AvgIpc) is 2.94. The predicted molar refractivity (Wildman–Crippen MR) is 77.3 cm³/mol. The maximum atomic E-state index is 12.2. The van der Waals surface area contributed by atoms with Crippen LogP contribution in [0.4, 0.5) is 0 Å². The smallest absolute Gasteiger partial charge is 0.240 e. The van der Waals surface area contributed by atoms with Gasteiger partial charge in [0.15, 0.2) is 0 Å². The number of ether oxygens (including phenoxy) is 1. The Morgan fingerprint density at radius 1 is 1.24 bits per heavy atom. The van der Waals surface area contributed by atoms with Crippen molar-refractivity contribution in [3.63, 3.8) is 0 Å². The number of hydrogen-bond acceptors (Lipinski definition) is 5. The van der Waals surface area contributed by atoms with Crippen LogP contribution in [0.1, 0.15) is 19.7 Å². The predicted octanol–water partition coefficient (Wildman–Crippen LogP) is 1.18. The highest BCUT2D eigenvalue weighted by atomic mass is 32.2. The van der Waals surface area contributed by atoms with Crippen LogP contribution < -0.4 is 9.46 Å². The van der Waals surface area contributed by atoms with E-state index in [1.165, 1.54) is 12.1 Å². The Balaban J connectivity index is 2.07. The van der Waals surface area contributed by atoms with Crippen LogP contribution in [0.3, 0.4) is 0 Å². The minimum atomic E-state index is -3.58. The van der Waals surface area contributed by atoms with Gasteiger partial charge in [0.05, 0.1) is 18.0 Å². The van der Waals surface area contributed by atoms with Gasteiger partial charge in [0.1, 0.15) is 17.9 Å². The normalized spacial score (nSPS) is 11.5. The van der Waals surface area contributed by atoms with E-state index >= 15 is 0 Å². The zero-order valence-corrected chi connectivity index (χ0v) is 12.8. The molecular formula is C13H18N4O3S. The number of benzene rings is 1. The average molecular weight is 310 g/mol. The van der Waals surface area contributed by atoms with Crippen molar-refractivity contribution in [1.29, 1.82) is 0 Å². The zero-order chi connectivity index (χ0) is 15.3. The summed E-state index contributed by atoms with van der Waals surface area (Å²) in [5, 5.41) is 7.65. The van der Waals surface area contributed by atoms with Crippen molar-refractivity contribution in [3.05, 3.63) is 36.4 Å². The summed E-state index contributed by atoms with van der Waals surface area (Å²) in [4.78, 5) is 0.188. The molecule has 0 aliphatic carbocycles. The van der Waals surface area contributed by atoms with E-state index in [1.54, 1.807) is 23.0 Å². The van der Waals surface area contributed by atoms with Crippen molar-refractivity contribution in [3.8, 4) is 5.75 Å². The summed E-state index contributed by atoms with van der Waals surface area (Å²) in [7, 11) is -3.58. The second-order valence-electron chi connectivity index (χ2n) is 4.26. The maximum absolute atomic E-state index is 12.2. The van der Waals surface area contributed by atoms with Gasteiger partial charge in [-0.15, -0.1) is 10.2 Å². The molecule has 21 heavy (non-hydrogen) atoms. The molecule has 0 amide bonds. The molecule has 8 heteroatoms. The topological polar surface area (TPSA) is 86.1 Å². The van der Waals surface area contributed by atoms with Gasteiger partial charge in [-0.25, -0.2) is 13.1 Å². The first-order chi connectivity index (χ1) is 10.1. The SMILES string of the molecule is CCOc1ccc(S(=O)(=O)NCc2nncn2CC)cc1. The number of hydrogen-bond donors (Lipinski definition) is 1. The number of nitrogens with one attached hydrogen (secondary N) is 1. The second-order valence-corrected chi connectivity index (χ2v) is 6.03. The van der Waals surface area contributed by atoms with Crippen LogP contribution in [0, 0.1) is 0 Å². The molecule has 0 radical (unpaired) electrons. The van der Waals surface area contributed by atoms with Crippen molar-refractivity contribution in [2.24, 2.45) is 0 Å². The minimum absolute atomic E-state index is 0.101. The van der Waals surface area contributed by atoms with E-state index in [4.69, 9.17) is 4.74 Å². The number of rotatable bonds is 7. The Kier molecular flexibility index (Phi) is 4.92. The summed E-state index contributed by atoms with van der Waals surface area (Å²) in [6.07, 6.45) is 1.57. The number of aryl methyl sites for hydroxylation is 1. The van der Waals surface area contributed by atoms with Crippen LogP contribution in [-0.2, 0) is 23.1 Å². The van der Waals surface area contributed by atoms with Gasteiger partial charge < -0.3 is 9.30 Å². The molecule has 1 aromatic heterocycles. The van der Waals surface area contributed by atoms with Gasteiger partial charge >= 0.3 is 0 Å². The summed E-state index contributed by atoms with van der Waals surface area (Å²) in [5.74, 6) is 1.22. The molecule has 0 spiro atoms. The first kappa shape index (κ1) is 15.5. The lowest BCUT2D eigenvalue weighted by atomic mass is 10.3. The molecule has 0 saturated carbocycles. The van der Waals surface area contributed by atoms with Gasteiger partial charge in [0.25, 0.3) is 0 Å². The van der Waals surface area contributed by atoms with Crippen LogP contribution in [-0.4, -0.2) is 29.8 Å². The summed E-state index contributed by atoms with van der Waals surface area (Å²) < 4.78 is 33.9. The number of aromatic nitrogens is 3. The zero-order valence-electron chi connectivity index (χ0n) is 12.0. The Bertz CT molecular complexity index is 680. The van der Waals surface area contributed by atoms with Crippen molar-refractivity contribution in [2.75, 3.05) is 6.61 Å². The second kappa shape index (κ2) is 6.68. The molecule has 7 nitrogen and oxygen atoms in total. The Hall–Kier alpha value is -1.93. The van der Waals surface area contributed by atoms with E-state index in [9.17, 15) is 8.42 Å². The largest absolute Gasteiger partial charge is 0.494 e. The van der Waals surface area contributed by atoms with E-state index in [0.717, 1.165) is 0 Å². The molecule has 2 aromatic rings. The highest BCUT2D eigenvalue weighted by Crippen LogP contribution is 2.16. The van der Waals surface area contributed by atoms with E-state index < -0.39 is 10.0 Å². The van der Waals surface area contributed by atoms with Gasteiger partial charge in [-0.05, 0) is 38.1 Å². The van der Waals surface area contributed by atoms with E-state index in [-0.39, 0.29) is 11.4 Å². The van der Waals surface area contributed by atoms with Crippen LogP contribution in [0.5, 0.6) is 5.75 Å². The molecule has 0 aliphatic heterocycles. The van der Waals surface area contributed by atoms with E-state index in [1.807, 2.05) is 13.8 Å². The van der Waals surface area contributed by atoms with Gasteiger partial charge in [0.2, 0.25) is 10.0 Å². The van der Waals surface area contributed by atoms with Crippen LogP contribution in [0.25, 0.3) is 0 Å². The van der Waals surface area contributed by atoms with Crippen molar-refractivity contribution >= 4 is 10.0 Å². The van der Waals surface area contributed by atoms with Crippen LogP contribution >= 0.6 is 0 Å². The van der Waals surface area contributed by atoms with E-state index in [2.05, 4.69) is 14.9 Å². The highest BCUT2D eigenvalue weighted by Gasteiger charge is 2.15. The van der Waals surface area contributed by atoms with Gasteiger partial charge in [-0.3, -0.25) is 0 Å². The molecule has 0 aliphatic rings. The van der Waals surface area contributed by atoms with Crippen molar-refractivity contribution in [2.45, 2.75) is 31.8 Å². The monoisotopic (exact) mass is 310 g/mol. The number of sulfonamides is 1. The summed E-state index contributed by atoms with van der Waals surface area (Å²) >= 11 is 0. The third-order valence-electron chi connectivity index (χ3n) is 2.90. The molecular weight excluding hydrogens is 292 g/mol. The van der Waals surface area contributed by atoms with Gasteiger partial charge in [-0.2, -0.15) is 0 Å². The minimum Gasteiger partial charge on any atom is -0.494 e. The molecule has 0 bridgehead atoms. The molecule has 1 N–H and O–H groups in total. The van der Waals surface area contributed by atoms with Crippen LogP contribution in [0.2, 0.25) is 0 Å². The fourth-order valence-corrected chi connectivity index (χ4v) is 2.78. The molecule has 114 valence electrons. The maximum Gasteiger partial charge on any atom is 0.240 e. The summed E-state index contributed by atoms with van der Waals surface area (Å²) in [6.45, 7) is 5.14. The third-order valence-corrected chi connectivity index (χ3v) is 4.32. The fraction of sp³-hybridized carbons (Fsp3) is 0.385. The first-order valence-corrected chi connectivity index (χ1v) is 8.14. The molecule has 1 aromatic carbocycles. The summed E-state index contributed by atoms with van der Waals surface area (Å²) in [6, 6.07) is 6.29. The lowest BCUT2D eigenvalue weighted by Gasteiger charge is -2.08. The van der Waals surface area contributed by atoms with Gasteiger partial charge in [0, 0.05) is 6.54 Å². The Morgan fingerprint density at radius 2 is 1.95 bits per heavy atom. The number of nitrogens with zero attached hydrogens (tertiary/aromatic N) is 3. The van der Waals surface area contributed by atoms with Crippen molar-refractivity contribution in [1.82, 2.24) is 19.5 Å². The van der Waals surface area contributed by atoms with Crippen molar-refractivity contribution < 1.29 is 13.2 Å².